The predicted octanol–water partition coefficient (Wildman–Crippen LogP) is 0.640. The second-order valence-corrected chi connectivity index (χ2v) is 4.16. The lowest BCUT2D eigenvalue weighted by Crippen LogP contribution is -2.48. The van der Waals surface area contributed by atoms with E-state index in [0.29, 0.717) is 38.4 Å². The van der Waals surface area contributed by atoms with E-state index in [1.54, 1.807) is 0 Å². The lowest BCUT2D eigenvalue weighted by atomic mass is 10.1. The van der Waals surface area contributed by atoms with Gasteiger partial charge in [-0.2, -0.15) is 0 Å². The zero-order valence-electron chi connectivity index (χ0n) is 10.4. The van der Waals surface area contributed by atoms with Crippen LogP contribution in [0.2, 0.25) is 0 Å². The summed E-state index contributed by atoms with van der Waals surface area (Å²) >= 11 is 0. The van der Waals surface area contributed by atoms with E-state index in [4.69, 9.17) is 9.84 Å². The molecule has 0 radical (unpaired) electrons. The van der Waals surface area contributed by atoms with Gasteiger partial charge in [-0.15, -0.1) is 0 Å². The van der Waals surface area contributed by atoms with Gasteiger partial charge >= 0.3 is 5.97 Å². The van der Waals surface area contributed by atoms with Crippen LogP contribution in [0, 0.1) is 11.6 Å². The molecule has 1 amide bonds. The van der Waals surface area contributed by atoms with Crippen molar-refractivity contribution in [1.29, 1.82) is 0 Å². The molecule has 108 valence electrons. The maximum atomic E-state index is 13.2. The minimum absolute atomic E-state index is 0.420. The first-order chi connectivity index (χ1) is 9.49. The van der Waals surface area contributed by atoms with Gasteiger partial charge in [0.15, 0.2) is 11.6 Å². The largest absolute Gasteiger partial charge is 0.478 e. The van der Waals surface area contributed by atoms with Gasteiger partial charge in [-0.05, 0) is 12.1 Å². The van der Waals surface area contributed by atoms with E-state index >= 15 is 0 Å². The molecule has 0 atom stereocenters. The van der Waals surface area contributed by atoms with Crippen molar-refractivity contribution in [3.63, 3.8) is 0 Å². The van der Waals surface area contributed by atoms with Crippen LogP contribution in [0.4, 0.5) is 8.78 Å². The van der Waals surface area contributed by atoms with Gasteiger partial charge in [-0.25, -0.2) is 18.6 Å². The lowest BCUT2D eigenvalue weighted by molar-refractivity contribution is 0.0125. The Morgan fingerprint density at radius 3 is 2.25 bits per heavy atom. The van der Waals surface area contributed by atoms with E-state index in [9.17, 15) is 18.4 Å². The molecule has 0 aromatic heterocycles. The highest BCUT2D eigenvalue weighted by Crippen LogP contribution is 2.15. The van der Waals surface area contributed by atoms with Gasteiger partial charge in [0.05, 0.1) is 24.3 Å². The molecule has 1 aliphatic rings. The molecule has 6 nitrogen and oxygen atoms in total. The van der Waals surface area contributed by atoms with Crippen molar-refractivity contribution in [2.45, 2.75) is 0 Å². The summed E-state index contributed by atoms with van der Waals surface area (Å²) in [5.74, 6) is -4.90. The topological polar surface area (TPSA) is 78.9 Å². The first-order valence-electron chi connectivity index (χ1n) is 5.85. The molecular weight excluding hydrogens is 274 g/mol. The summed E-state index contributed by atoms with van der Waals surface area (Å²) in [6, 6.07) is 1.07. The number of ether oxygens (including phenoxy) is 1. The van der Waals surface area contributed by atoms with E-state index in [1.165, 1.54) is 5.01 Å². The molecule has 0 bridgehead atoms. The number of amides is 1. The Labute approximate surface area is 112 Å². The summed E-state index contributed by atoms with van der Waals surface area (Å²) in [4.78, 5) is 22.9. The second-order valence-electron chi connectivity index (χ2n) is 4.16. The molecule has 1 aromatic rings. The first kappa shape index (κ1) is 14.4. The van der Waals surface area contributed by atoms with E-state index in [1.807, 2.05) is 0 Å². The van der Waals surface area contributed by atoms with E-state index in [2.05, 4.69) is 5.43 Å². The number of rotatable bonds is 3. The summed E-state index contributed by atoms with van der Waals surface area (Å²) in [6.07, 6.45) is 0. The van der Waals surface area contributed by atoms with Crippen molar-refractivity contribution in [3.05, 3.63) is 34.9 Å². The van der Waals surface area contributed by atoms with Gasteiger partial charge in [0.25, 0.3) is 5.91 Å². The molecule has 1 aromatic carbocycles. The van der Waals surface area contributed by atoms with Gasteiger partial charge in [0.2, 0.25) is 0 Å². The van der Waals surface area contributed by atoms with Crippen LogP contribution >= 0.6 is 0 Å². The number of carbonyl (C=O) groups is 2. The maximum Gasteiger partial charge on any atom is 0.336 e. The third-order valence-electron chi connectivity index (χ3n) is 2.81. The van der Waals surface area contributed by atoms with Crippen LogP contribution < -0.4 is 5.43 Å². The van der Waals surface area contributed by atoms with Gasteiger partial charge in [-0.1, -0.05) is 0 Å². The van der Waals surface area contributed by atoms with Crippen molar-refractivity contribution in [2.75, 3.05) is 26.3 Å². The summed E-state index contributed by atoms with van der Waals surface area (Å²) in [7, 11) is 0. The number of nitrogens with zero attached hydrogens (tertiary/aromatic N) is 1. The van der Waals surface area contributed by atoms with E-state index in [-0.39, 0.29) is 0 Å². The SMILES string of the molecule is O=C(O)c1cc(F)c(F)cc1C(=O)NN1CCOCC1. The smallest absolute Gasteiger partial charge is 0.336 e. The number of halogens is 2. The van der Waals surface area contributed by atoms with Crippen LogP contribution in [-0.4, -0.2) is 48.3 Å². The van der Waals surface area contributed by atoms with Crippen molar-refractivity contribution < 1.29 is 28.2 Å². The Balaban J connectivity index is 2.23. The van der Waals surface area contributed by atoms with E-state index in [0.717, 1.165) is 0 Å². The second kappa shape index (κ2) is 5.93. The summed E-state index contributed by atoms with van der Waals surface area (Å²) in [5.41, 5.74) is 1.42. The predicted molar refractivity (Wildman–Crippen MR) is 63.2 cm³/mol. The number of hydrogen-bond acceptors (Lipinski definition) is 4. The highest BCUT2D eigenvalue weighted by molar-refractivity contribution is 6.04. The van der Waals surface area contributed by atoms with Crippen LogP contribution in [0.3, 0.4) is 0 Å². The highest BCUT2D eigenvalue weighted by Gasteiger charge is 2.22. The summed E-state index contributed by atoms with van der Waals surface area (Å²) in [5, 5.41) is 10.5. The molecule has 0 spiro atoms. The maximum absolute atomic E-state index is 13.2. The number of aromatic carboxylic acids is 1. The molecule has 2 rings (SSSR count). The average molecular weight is 286 g/mol. The molecule has 1 saturated heterocycles. The zero-order chi connectivity index (χ0) is 14.7. The molecule has 0 unspecified atom stereocenters. The standard InChI is InChI=1S/C12H12F2N2O4/c13-9-5-7(8(12(18)19)6-10(9)14)11(17)15-16-1-3-20-4-2-16/h5-6H,1-4H2,(H,15,17)(H,18,19). The van der Waals surface area contributed by atoms with E-state index < -0.39 is 34.6 Å². The van der Waals surface area contributed by atoms with Gasteiger partial charge < -0.3 is 9.84 Å². The minimum Gasteiger partial charge on any atom is -0.478 e. The first-order valence-corrected chi connectivity index (χ1v) is 5.85. The molecule has 1 aliphatic heterocycles. The Kier molecular flexibility index (Phi) is 4.26. The molecule has 2 N–H and O–H groups in total. The fourth-order valence-electron chi connectivity index (χ4n) is 1.79. The monoisotopic (exact) mass is 286 g/mol. The number of carboxylic acid groups (broad SMARTS) is 1. The number of benzene rings is 1. The fraction of sp³-hybridized carbons (Fsp3) is 0.333. The molecule has 20 heavy (non-hydrogen) atoms. The number of hydrogen-bond donors (Lipinski definition) is 2. The fourth-order valence-corrected chi connectivity index (χ4v) is 1.79. The number of carbonyl (C=O) groups excluding carboxylic acids is 1. The quantitative estimate of drug-likeness (QED) is 0.852. The molecular formula is C12H12F2N2O4. The van der Waals surface area contributed by atoms with Crippen LogP contribution in [-0.2, 0) is 4.74 Å². The number of carboxylic acids is 1. The minimum atomic E-state index is -1.50. The Hall–Kier alpha value is -2.06. The van der Waals surface area contributed by atoms with Gasteiger partial charge in [-0.3, -0.25) is 10.2 Å². The van der Waals surface area contributed by atoms with Crippen LogP contribution in [0.25, 0.3) is 0 Å². The molecule has 0 aliphatic carbocycles. The van der Waals surface area contributed by atoms with Gasteiger partial charge in [0.1, 0.15) is 0 Å². The number of morpholine rings is 1. The van der Waals surface area contributed by atoms with Crippen LogP contribution in [0.15, 0.2) is 12.1 Å². The molecule has 0 saturated carbocycles. The normalized spacial score (nSPS) is 15.9. The Bertz CT molecular complexity index is 545. The third kappa shape index (κ3) is 3.09. The number of nitrogens with one attached hydrogen (secondary N) is 1. The van der Waals surface area contributed by atoms with Crippen LogP contribution in [0.1, 0.15) is 20.7 Å². The van der Waals surface area contributed by atoms with Crippen molar-refractivity contribution in [1.82, 2.24) is 10.4 Å². The molecule has 8 heteroatoms. The highest BCUT2D eigenvalue weighted by atomic mass is 19.2. The third-order valence-corrected chi connectivity index (χ3v) is 2.81. The van der Waals surface area contributed by atoms with Crippen molar-refractivity contribution in [2.24, 2.45) is 0 Å². The summed E-state index contributed by atoms with van der Waals surface area (Å²) in [6.45, 7) is 1.70. The van der Waals surface area contributed by atoms with Crippen LogP contribution in [0.5, 0.6) is 0 Å². The van der Waals surface area contributed by atoms with Crippen molar-refractivity contribution >= 4 is 11.9 Å². The van der Waals surface area contributed by atoms with Crippen molar-refractivity contribution in [3.8, 4) is 0 Å². The zero-order valence-corrected chi connectivity index (χ0v) is 10.4. The number of hydrazine groups is 1. The average Bonchev–Trinajstić information content (AvgIpc) is 2.42. The van der Waals surface area contributed by atoms with Gasteiger partial charge in [0, 0.05) is 13.1 Å². The Morgan fingerprint density at radius 1 is 1.15 bits per heavy atom. The lowest BCUT2D eigenvalue weighted by Gasteiger charge is -2.27. The molecule has 1 fully saturated rings. The summed E-state index contributed by atoms with van der Waals surface area (Å²) < 4.78 is 31.3. The molecule has 1 heterocycles. The Morgan fingerprint density at radius 2 is 1.70 bits per heavy atom.